The van der Waals surface area contributed by atoms with Crippen molar-refractivity contribution in [3.8, 4) is 6.07 Å². The summed E-state index contributed by atoms with van der Waals surface area (Å²) in [5.41, 5.74) is -0.610. The van der Waals surface area contributed by atoms with Crippen molar-refractivity contribution in [2.75, 3.05) is 31.2 Å². The number of allylic oxidation sites excluding steroid dienone is 1. The van der Waals surface area contributed by atoms with Crippen molar-refractivity contribution in [3.63, 3.8) is 0 Å². The van der Waals surface area contributed by atoms with Gasteiger partial charge in [0.05, 0.1) is 11.6 Å². The third-order valence-electron chi connectivity index (χ3n) is 8.72. The van der Waals surface area contributed by atoms with E-state index in [2.05, 4.69) is 5.32 Å². The Bertz CT molecular complexity index is 1790. The molecule has 14 heteroatoms. The van der Waals surface area contributed by atoms with Crippen LogP contribution < -0.4 is 10.2 Å². The molecule has 2 aromatic carbocycles. The number of likely N-dealkylation sites (N-methyl/N-ethyl adjacent to an activating group) is 1. The van der Waals surface area contributed by atoms with Crippen molar-refractivity contribution in [1.82, 2.24) is 20.0 Å². The van der Waals surface area contributed by atoms with Crippen LogP contribution in [0.1, 0.15) is 75.7 Å². The first-order chi connectivity index (χ1) is 22.5. The lowest BCUT2D eigenvalue weighted by molar-refractivity contribution is -0.137. The Morgan fingerprint density at radius 1 is 1.13 bits per heavy atom. The van der Waals surface area contributed by atoms with Crippen LogP contribution in [0.15, 0.2) is 60.3 Å². The van der Waals surface area contributed by atoms with Gasteiger partial charge in [-0.15, -0.1) is 0 Å². The number of nitriles is 1. The second kappa shape index (κ2) is 12.6. The minimum atomic E-state index is -4.71. The number of nitrogens with zero attached hydrogens (tertiary/aromatic N) is 5. The molecule has 2 atom stereocenters. The van der Waals surface area contributed by atoms with Crippen molar-refractivity contribution in [1.29, 1.82) is 5.26 Å². The molecule has 3 amide bonds. The molecule has 1 N–H and O–H groups in total. The fourth-order valence-corrected chi connectivity index (χ4v) is 6.46. The van der Waals surface area contributed by atoms with E-state index in [1.807, 2.05) is 6.07 Å². The Balaban J connectivity index is 1.54. The third kappa shape index (κ3) is 5.87. The van der Waals surface area contributed by atoms with Gasteiger partial charge in [-0.25, -0.2) is 9.07 Å². The summed E-state index contributed by atoms with van der Waals surface area (Å²) in [4.78, 5) is 44.9. The second-order valence-electron chi connectivity index (χ2n) is 11.5. The number of ether oxygens (including phenoxy) is 1. The lowest BCUT2D eigenvalue weighted by Crippen LogP contribution is -2.56. The van der Waals surface area contributed by atoms with E-state index in [1.165, 1.54) is 40.1 Å². The number of hydrogen-bond acceptors (Lipinski definition) is 6. The van der Waals surface area contributed by atoms with Crippen LogP contribution in [0.3, 0.4) is 0 Å². The predicted octanol–water partition coefficient (Wildman–Crippen LogP) is 4.94. The van der Waals surface area contributed by atoms with E-state index in [-0.39, 0.29) is 41.6 Å². The highest BCUT2D eigenvalue weighted by molar-refractivity contribution is 6.07. The minimum Gasteiger partial charge on any atom is -0.381 e. The Hall–Kier alpha value is -5.03. The SMILES string of the molecule is CCN1C(=O)C(NC(=O)c2cccc(C(F)(F)F)c2)C(c2ccc(F)cc2)c2c(C(=O)N3CCC=C3C#N)nn(C3CCOCC3)c21. The number of amides is 3. The monoisotopic (exact) mass is 650 g/mol. The van der Waals surface area contributed by atoms with Crippen LogP contribution >= 0.6 is 0 Å². The van der Waals surface area contributed by atoms with Gasteiger partial charge in [-0.05, 0) is 68.2 Å². The fourth-order valence-electron chi connectivity index (χ4n) is 6.46. The van der Waals surface area contributed by atoms with Crippen molar-refractivity contribution < 1.29 is 36.7 Å². The van der Waals surface area contributed by atoms with Gasteiger partial charge in [-0.3, -0.25) is 24.2 Å². The summed E-state index contributed by atoms with van der Waals surface area (Å²) in [6.07, 6.45) is -1.54. The molecule has 47 heavy (non-hydrogen) atoms. The van der Waals surface area contributed by atoms with Crippen LogP contribution in [0.25, 0.3) is 0 Å². The number of hydrogen-bond donors (Lipinski definition) is 1. The summed E-state index contributed by atoms with van der Waals surface area (Å²) in [5, 5.41) is 17.1. The van der Waals surface area contributed by atoms with Crippen LogP contribution in [0, 0.1) is 17.1 Å². The molecule has 0 radical (unpaired) electrons. The zero-order valence-electron chi connectivity index (χ0n) is 25.3. The molecule has 4 heterocycles. The highest BCUT2D eigenvalue weighted by Crippen LogP contribution is 2.45. The van der Waals surface area contributed by atoms with Crippen LogP contribution in [-0.2, 0) is 15.7 Å². The van der Waals surface area contributed by atoms with Gasteiger partial charge in [-0.2, -0.15) is 23.5 Å². The Morgan fingerprint density at radius 3 is 2.51 bits per heavy atom. The van der Waals surface area contributed by atoms with E-state index < -0.39 is 47.2 Å². The van der Waals surface area contributed by atoms with E-state index in [4.69, 9.17) is 9.84 Å². The summed E-state index contributed by atoms with van der Waals surface area (Å²) in [7, 11) is 0. The summed E-state index contributed by atoms with van der Waals surface area (Å²) < 4.78 is 61.8. The zero-order valence-corrected chi connectivity index (χ0v) is 25.3. The molecule has 0 spiro atoms. The Labute approximate surface area is 267 Å². The van der Waals surface area contributed by atoms with Gasteiger partial charge in [0.1, 0.15) is 29.4 Å². The molecule has 0 aliphatic carbocycles. The molecule has 3 aromatic rings. The number of fused-ring (bicyclic) bond motifs is 1. The van der Waals surface area contributed by atoms with E-state index in [9.17, 15) is 37.2 Å². The lowest BCUT2D eigenvalue weighted by atomic mass is 9.80. The summed E-state index contributed by atoms with van der Waals surface area (Å²) >= 11 is 0. The number of benzene rings is 2. The van der Waals surface area contributed by atoms with Gasteiger partial charge in [0.2, 0.25) is 0 Å². The third-order valence-corrected chi connectivity index (χ3v) is 8.72. The van der Waals surface area contributed by atoms with Crippen LogP contribution in [0.4, 0.5) is 23.4 Å². The topological polar surface area (TPSA) is 121 Å². The average Bonchev–Trinajstić information content (AvgIpc) is 3.71. The summed E-state index contributed by atoms with van der Waals surface area (Å²) in [6, 6.07) is 9.40. The highest BCUT2D eigenvalue weighted by Gasteiger charge is 2.48. The van der Waals surface area contributed by atoms with E-state index >= 15 is 0 Å². The first kappa shape index (κ1) is 31.9. The number of nitrogens with one attached hydrogen (secondary N) is 1. The number of rotatable bonds is 6. The number of anilines is 1. The molecule has 1 fully saturated rings. The molecule has 0 saturated carbocycles. The van der Waals surface area contributed by atoms with Gasteiger partial charge in [-0.1, -0.05) is 18.2 Å². The van der Waals surface area contributed by atoms with Gasteiger partial charge in [0, 0.05) is 43.3 Å². The highest BCUT2D eigenvalue weighted by atomic mass is 19.4. The standard InChI is InChI=1S/C33H30F4N6O4/c1-2-41-30-26(28(32(46)42-14-4-7-24(42)18-38)40-43(30)23-12-15-47-16-13-23)25(19-8-10-22(34)11-9-19)27(31(41)45)39-29(44)20-5-3-6-21(17-20)33(35,36)37/h3,5-11,17,23,25,27H,2,4,12-16H2,1H3,(H,39,44). The first-order valence-electron chi connectivity index (χ1n) is 15.2. The number of aromatic nitrogens is 2. The normalized spacial score (nSPS) is 20.1. The van der Waals surface area contributed by atoms with Crippen molar-refractivity contribution in [2.24, 2.45) is 0 Å². The number of alkyl halides is 3. The molecule has 1 aromatic heterocycles. The molecule has 3 aliphatic rings. The van der Waals surface area contributed by atoms with Gasteiger partial charge < -0.3 is 10.1 Å². The molecule has 244 valence electrons. The predicted molar refractivity (Wildman–Crippen MR) is 160 cm³/mol. The molecule has 10 nitrogen and oxygen atoms in total. The van der Waals surface area contributed by atoms with E-state index in [1.54, 1.807) is 17.7 Å². The number of carbonyl (C=O) groups excluding carboxylic acids is 3. The average molecular weight is 651 g/mol. The van der Waals surface area contributed by atoms with Gasteiger partial charge in [0.15, 0.2) is 5.69 Å². The lowest BCUT2D eigenvalue weighted by Gasteiger charge is -2.39. The number of halogens is 4. The summed E-state index contributed by atoms with van der Waals surface area (Å²) in [6.45, 7) is 2.90. The molecule has 6 rings (SSSR count). The molecular weight excluding hydrogens is 620 g/mol. The van der Waals surface area contributed by atoms with Crippen molar-refractivity contribution >= 4 is 23.5 Å². The smallest absolute Gasteiger partial charge is 0.381 e. The maximum Gasteiger partial charge on any atom is 0.416 e. The molecule has 0 bridgehead atoms. The van der Waals surface area contributed by atoms with Crippen LogP contribution in [-0.4, -0.2) is 64.7 Å². The van der Waals surface area contributed by atoms with Crippen molar-refractivity contribution in [3.05, 3.63) is 94.1 Å². The largest absolute Gasteiger partial charge is 0.416 e. The Kier molecular flexibility index (Phi) is 8.59. The van der Waals surface area contributed by atoms with Crippen LogP contribution in [0.5, 0.6) is 0 Å². The molecule has 3 aliphatic heterocycles. The second-order valence-corrected chi connectivity index (χ2v) is 11.5. The quantitative estimate of drug-likeness (QED) is 0.378. The molecule has 1 saturated heterocycles. The van der Waals surface area contributed by atoms with E-state index in [0.29, 0.717) is 49.9 Å². The Morgan fingerprint density at radius 2 is 1.85 bits per heavy atom. The van der Waals surface area contributed by atoms with Crippen molar-refractivity contribution in [2.45, 2.75) is 50.4 Å². The summed E-state index contributed by atoms with van der Waals surface area (Å²) in [5.74, 6) is -3.45. The minimum absolute atomic E-state index is 0.0480. The number of carbonyl (C=O) groups is 3. The first-order valence-corrected chi connectivity index (χ1v) is 15.2. The van der Waals surface area contributed by atoms with Gasteiger partial charge in [0.25, 0.3) is 17.7 Å². The fraction of sp³-hybridized carbons (Fsp3) is 0.364. The van der Waals surface area contributed by atoms with Gasteiger partial charge >= 0.3 is 6.18 Å². The maximum atomic E-state index is 14.4. The molecule has 2 unspecified atom stereocenters. The van der Waals surface area contributed by atoms with Crippen LogP contribution in [0.2, 0.25) is 0 Å². The molecular formula is C33H30F4N6O4. The van der Waals surface area contributed by atoms with E-state index in [0.717, 1.165) is 12.1 Å². The maximum absolute atomic E-state index is 14.4. The zero-order chi connectivity index (χ0) is 33.5.